The molecule has 3 rings (SSSR count). The maximum atomic E-state index is 13.5. The fourth-order valence-corrected chi connectivity index (χ4v) is 4.08. The van der Waals surface area contributed by atoms with Gasteiger partial charge in [-0.25, -0.2) is 0 Å². The second kappa shape index (κ2) is 7.58. The van der Waals surface area contributed by atoms with E-state index in [-0.39, 0.29) is 34.9 Å². The number of ketones is 1. The number of amides is 1. The largest absolute Gasteiger partial charge is 0.507 e. The monoisotopic (exact) mass is 423 g/mol. The number of nitriles is 1. The zero-order valence-electron chi connectivity index (χ0n) is 18.1. The van der Waals surface area contributed by atoms with Gasteiger partial charge in [0.2, 0.25) is 5.91 Å². The summed E-state index contributed by atoms with van der Waals surface area (Å²) in [6.07, 6.45) is 1.56. The minimum Gasteiger partial charge on any atom is -0.507 e. The number of phenols is 1. The van der Waals surface area contributed by atoms with Crippen LogP contribution >= 0.6 is 0 Å². The third-order valence-electron chi connectivity index (χ3n) is 5.58. The molecule has 1 amide bonds. The number of anilines is 1. The number of hydrogen-bond acceptors (Lipinski definition) is 6. The molecule has 31 heavy (non-hydrogen) atoms. The Morgan fingerprint density at radius 2 is 1.97 bits per heavy atom. The van der Waals surface area contributed by atoms with E-state index >= 15 is 0 Å². The molecular formula is C23H25N3O5. The molecule has 2 N–H and O–H groups in total. The molecule has 2 atom stereocenters. The highest BCUT2D eigenvalue weighted by Gasteiger charge is 2.58. The van der Waals surface area contributed by atoms with Crippen molar-refractivity contribution in [2.75, 3.05) is 11.9 Å². The van der Waals surface area contributed by atoms with Gasteiger partial charge in [0, 0.05) is 17.3 Å². The number of phenolic OH excluding ortho intramolecular Hbond substituents is 1. The van der Waals surface area contributed by atoms with Crippen LogP contribution in [0.2, 0.25) is 0 Å². The summed E-state index contributed by atoms with van der Waals surface area (Å²) in [6, 6.07) is 7.90. The maximum absolute atomic E-state index is 13.5. The van der Waals surface area contributed by atoms with Crippen molar-refractivity contribution < 1.29 is 24.2 Å². The SMILES string of the molecule is CCOC(=O)[C@]1(C)c2c(C#N)cn(C(C)(C)C)c2NC(=O)[C@@H]1C(=O)c1ccccc1O. The number of esters is 1. The standard InChI is InChI=1S/C23H25N3O5/c1-6-31-21(30)23(5)16-13(11-24)12-26(22(2,3)4)19(16)25-20(29)17(23)18(28)14-9-7-8-10-15(14)27/h7-10,12,17,27H,6H2,1-5H3,(H,25,29)/t17-,23+/m0/s1. The molecule has 1 aliphatic heterocycles. The highest BCUT2D eigenvalue weighted by Crippen LogP contribution is 2.48. The average molecular weight is 423 g/mol. The number of hydrogen-bond donors (Lipinski definition) is 2. The highest BCUT2D eigenvalue weighted by atomic mass is 16.5. The van der Waals surface area contributed by atoms with Crippen molar-refractivity contribution in [2.24, 2.45) is 5.92 Å². The molecule has 8 nitrogen and oxygen atoms in total. The summed E-state index contributed by atoms with van der Waals surface area (Å²) in [4.78, 5) is 40.0. The van der Waals surface area contributed by atoms with Crippen LogP contribution in [-0.4, -0.2) is 33.9 Å². The van der Waals surface area contributed by atoms with Gasteiger partial charge in [-0.05, 0) is 46.8 Å². The van der Waals surface area contributed by atoms with Crippen molar-refractivity contribution in [3.05, 3.63) is 47.2 Å². The molecule has 2 aromatic rings. The topological polar surface area (TPSA) is 121 Å². The molecular weight excluding hydrogens is 398 g/mol. The van der Waals surface area contributed by atoms with Crippen LogP contribution in [0.3, 0.4) is 0 Å². The Hall–Kier alpha value is -3.60. The van der Waals surface area contributed by atoms with Crippen molar-refractivity contribution in [3.8, 4) is 11.8 Å². The van der Waals surface area contributed by atoms with Crippen LogP contribution < -0.4 is 5.32 Å². The van der Waals surface area contributed by atoms with E-state index in [0.717, 1.165) is 0 Å². The Morgan fingerprint density at radius 1 is 1.32 bits per heavy atom. The molecule has 0 bridgehead atoms. The zero-order chi connectivity index (χ0) is 23.1. The van der Waals surface area contributed by atoms with Gasteiger partial charge in [-0.2, -0.15) is 5.26 Å². The summed E-state index contributed by atoms with van der Waals surface area (Å²) < 4.78 is 6.98. The van der Waals surface area contributed by atoms with Crippen LogP contribution in [0.4, 0.5) is 5.82 Å². The van der Waals surface area contributed by atoms with Crippen LogP contribution in [0.1, 0.15) is 56.1 Å². The van der Waals surface area contributed by atoms with Crippen LogP contribution in [-0.2, 0) is 25.3 Å². The number of para-hydroxylation sites is 1. The predicted molar refractivity (Wildman–Crippen MR) is 113 cm³/mol. The van der Waals surface area contributed by atoms with Crippen molar-refractivity contribution in [1.29, 1.82) is 5.26 Å². The van der Waals surface area contributed by atoms with Gasteiger partial charge >= 0.3 is 5.97 Å². The van der Waals surface area contributed by atoms with E-state index in [1.54, 1.807) is 29.8 Å². The Kier molecular flexibility index (Phi) is 5.40. The third kappa shape index (κ3) is 3.36. The number of rotatable bonds is 4. The molecule has 0 saturated carbocycles. The van der Waals surface area contributed by atoms with E-state index in [2.05, 4.69) is 11.4 Å². The summed E-state index contributed by atoms with van der Waals surface area (Å²) in [7, 11) is 0. The Morgan fingerprint density at radius 3 is 2.52 bits per heavy atom. The van der Waals surface area contributed by atoms with Gasteiger partial charge < -0.3 is 19.7 Å². The number of benzene rings is 1. The van der Waals surface area contributed by atoms with E-state index in [4.69, 9.17) is 4.74 Å². The van der Waals surface area contributed by atoms with E-state index in [1.165, 1.54) is 19.1 Å². The first-order valence-corrected chi connectivity index (χ1v) is 9.95. The first-order chi connectivity index (χ1) is 14.5. The van der Waals surface area contributed by atoms with Crippen LogP contribution in [0.15, 0.2) is 30.5 Å². The number of nitrogens with one attached hydrogen (secondary N) is 1. The second-order valence-corrected chi connectivity index (χ2v) is 8.65. The lowest BCUT2D eigenvalue weighted by atomic mass is 9.66. The average Bonchev–Trinajstić information content (AvgIpc) is 3.07. The quantitative estimate of drug-likeness (QED) is 0.443. The van der Waals surface area contributed by atoms with Crippen LogP contribution in [0.5, 0.6) is 5.75 Å². The van der Waals surface area contributed by atoms with Gasteiger partial charge in [-0.15, -0.1) is 0 Å². The summed E-state index contributed by atoms with van der Waals surface area (Å²) in [5.74, 6) is -3.78. The molecule has 162 valence electrons. The lowest BCUT2D eigenvalue weighted by Gasteiger charge is -2.39. The number of aromatic nitrogens is 1. The van der Waals surface area contributed by atoms with Gasteiger partial charge in [0.05, 0.1) is 17.7 Å². The van der Waals surface area contributed by atoms with Gasteiger partial charge in [-0.3, -0.25) is 14.4 Å². The van der Waals surface area contributed by atoms with Crippen molar-refractivity contribution >= 4 is 23.5 Å². The third-order valence-corrected chi connectivity index (χ3v) is 5.58. The maximum Gasteiger partial charge on any atom is 0.317 e. The molecule has 1 aromatic heterocycles. The van der Waals surface area contributed by atoms with Gasteiger partial charge in [0.1, 0.15) is 29.0 Å². The molecule has 0 unspecified atom stereocenters. The Balaban J connectivity index is 2.33. The molecule has 1 aromatic carbocycles. The van der Waals surface area contributed by atoms with E-state index in [0.29, 0.717) is 0 Å². The van der Waals surface area contributed by atoms with Gasteiger partial charge in [0.15, 0.2) is 5.78 Å². The number of nitrogens with zero attached hydrogens (tertiary/aromatic N) is 2. The smallest absolute Gasteiger partial charge is 0.317 e. The first kappa shape index (κ1) is 22.1. The molecule has 2 heterocycles. The van der Waals surface area contributed by atoms with Crippen molar-refractivity contribution in [2.45, 2.75) is 45.6 Å². The van der Waals surface area contributed by atoms with Crippen molar-refractivity contribution in [3.63, 3.8) is 0 Å². The highest BCUT2D eigenvalue weighted by molar-refractivity contribution is 6.20. The minimum absolute atomic E-state index is 0.0325. The summed E-state index contributed by atoms with van der Waals surface area (Å²) in [6.45, 7) is 8.77. The van der Waals surface area contributed by atoms with Gasteiger partial charge in [0.25, 0.3) is 0 Å². The molecule has 0 radical (unpaired) electrons. The van der Waals surface area contributed by atoms with E-state index in [1.807, 2.05) is 20.8 Å². The predicted octanol–water partition coefficient (Wildman–Crippen LogP) is 3.09. The van der Waals surface area contributed by atoms with Gasteiger partial charge in [-0.1, -0.05) is 12.1 Å². The normalized spacial score (nSPS) is 20.4. The minimum atomic E-state index is -1.77. The Bertz CT molecular complexity index is 1120. The summed E-state index contributed by atoms with van der Waals surface area (Å²) in [5.41, 5.74) is -1.98. The van der Waals surface area contributed by atoms with Crippen LogP contribution in [0, 0.1) is 17.2 Å². The van der Waals surface area contributed by atoms with Crippen LogP contribution in [0.25, 0.3) is 0 Å². The van der Waals surface area contributed by atoms with E-state index in [9.17, 15) is 24.8 Å². The second-order valence-electron chi connectivity index (χ2n) is 8.65. The molecule has 0 spiro atoms. The lowest BCUT2D eigenvalue weighted by molar-refractivity contribution is -0.153. The number of carbonyl (C=O) groups excluding carboxylic acids is 3. The summed E-state index contributed by atoms with van der Waals surface area (Å²) in [5, 5.41) is 22.7. The molecule has 0 fully saturated rings. The number of Topliss-reactive ketones (excluding diaryl/α,β-unsaturated/α-hetero) is 1. The van der Waals surface area contributed by atoms with Crippen molar-refractivity contribution in [1.82, 2.24) is 4.57 Å². The fourth-order valence-electron chi connectivity index (χ4n) is 4.08. The Labute approximate surface area is 180 Å². The zero-order valence-corrected chi connectivity index (χ0v) is 18.1. The molecule has 1 aliphatic rings. The first-order valence-electron chi connectivity index (χ1n) is 9.95. The number of ether oxygens (including phenoxy) is 1. The fraction of sp³-hybridized carbons (Fsp3) is 0.391. The number of aromatic hydroxyl groups is 1. The summed E-state index contributed by atoms with van der Waals surface area (Å²) >= 11 is 0. The van der Waals surface area contributed by atoms with E-state index < -0.39 is 34.5 Å². The molecule has 0 saturated heterocycles. The molecule has 8 heteroatoms. The number of carbonyl (C=O) groups is 3. The lowest BCUT2D eigenvalue weighted by Crippen LogP contribution is -2.54. The molecule has 0 aliphatic carbocycles. The number of fused-ring (bicyclic) bond motifs is 1.